The Balaban J connectivity index is 1.84. The van der Waals surface area contributed by atoms with E-state index in [9.17, 15) is 9.59 Å². The van der Waals surface area contributed by atoms with Crippen molar-refractivity contribution in [3.63, 3.8) is 0 Å². The van der Waals surface area contributed by atoms with Crippen molar-refractivity contribution in [1.29, 1.82) is 0 Å². The average molecular weight is 480 g/mol. The van der Waals surface area contributed by atoms with Gasteiger partial charge in [0.25, 0.3) is 5.56 Å². The zero-order valence-electron chi connectivity index (χ0n) is 18.5. The van der Waals surface area contributed by atoms with Gasteiger partial charge >= 0.3 is 0 Å². The Morgan fingerprint density at radius 2 is 1.70 bits per heavy atom. The van der Waals surface area contributed by atoms with E-state index in [0.29, 0.717) is 33.0 Å². The predicted molar refractivity (Wildman–Crippen MR) is 133 cm³/mol. The zero-order chi connectivity index (χ0) is 23.7. The summed E-state index contributed by atoms with van der Waals surface area (Å²) in [5.74, 6) is 0.137. The molecule has 3 aromatic carbocycles. The molecule has 0 N–H and O–H groups in total. The summed E-state index contributed by atoms with van der Waals surface area (Å²) in [6, 6.07) is 21.2. The molecule has 0 radical (unpaired) electrons. The normalized spacial score (nSPS) is 13.0. The molecule has 0 spiro atoms. The number of fused-ring (bicyclic) bond motifs is 1. The van der Waals surface area contributed by atoms with Crippen LogP contribution < -0.4 is 5.56 Å². The van der Waals surface area contributed by atoms with Gasteiger partial charge in [-0.2, -0.15) is 0 Å². The van der Waals surface area contributed by atoms with Gasteiger partial charge in [0.05, 0.1) is 22.6 Å². The van der Waals surface area contributed by atoms with E-state index in [1.54, 1.807) is 29.8 Å². The van der Waals surface area contributed by atoms with Crippen LogP contribution in [0.3, 0.4) is 0 Å². The van der Waals surface area contributed by atoms with E-state index in [-0.39, 0.29) is 11.5 Å². The average Bonchev–Trinajstić information content (AvgIpc) is 2.83. The van der Waals surface area contributed by atoms with Crippen molar-refractivity contribution in [1.82, 2.24) is 14.5 Å². The fourth-order valence-corrected chi connectivity index (χ4v) is 4.17. The number of nitrogens with zero attached hydrogens (tertiary/aromatic N) is 3. The van der Waals surface area contributed by atoms with Crippen LogP contribution in [0.2, 0.25) is 5.02 Å². The van der Waals surface area contributed by atoms with E-state index in [1.807, 2.05) is 68.4 Å². The van der Waals surface area contributed by atoms with Gasteiger partial charge in [0, 0.05) is 12.1 Å². The number of alkyl halides is 1. The highest BCUT2D eigenvalue weighted by molar-refractivity contribution is 6.31. The lowest BCUT2D eigenvalue weighted by atomic mass is 10.1. The number of aryl methyl sites for hydroxylation is 1. The van der Waals surface area contributed by atoms with Crippen molar-refractivity contribution in [2.24, 2.45) is 0 Å². The first kappa shape index (κ1) is 23.0. The molecular weight excluding hydrogens is 457 g/mol. The molecular formula is C26H23Cl2N3O2. The maximum atomic E-state index is 13.5. The van der Waals surface area contributed by atoms with E-state index in [2.05, 4.69) is 0 Å². The first-order chi connectivity index (χ1) is 15.8. The lowest BCUT2D eigenvalue weighted by molar-refractivity contribution is -0.131. The Hall–Kier alpha value is -3.15. The summed E-state index contributed by atoms with van der Waals surface area (Å²) in [5, 5.41) is 0.0768. The Labute approximate surface area is 202 Å². The number of carbonyl (C=O) groups is 1. The van der Waals surface area contributed by atoms with Crippen molar-refractivity contribution in [2.75, 3.05) is 7.05 Å². The first-order valence-electron chi connectivity index (χ1n) is 10.5. The molecule has 7 heteroatoms. The Bertz CT molecular complexity index is 1370. The highest BCUT2D eigenvalue weighted by Crippen LogP contribution is 2.28. The molecule has 0 aliphatic rings. The van der Waals surface area contributed by atoms with Gasteiger partial charge in [-0.15, -0.1) is 11.6 Å². The summed E-state index contributed by atoms with van der Waals surface area (Å²) in [7, 11) is 1.67. The van der Waals surface area contributed by atoms with E-state index in [4.69, 9.17) is 28.2 Å². The quantitative estimate of drug-likeness (QED) is 0.337. The number of rotatable bonds is 5. The molecule has 2 atom stereocenters. The Morgan fingerprint density at radius 3 is 2.36 bits per heavy atom. The number of halogens is 2. The fraction of sp³-hybridized carbons (Fsp3) is 0.192. The summed E-state index contributed by atoms with van der Waals surface area (Å²) in [6.45, 7) is 3.81. The van der Waals surface area contributed by atoms with Crippen LogP contribution in [0.1, 0.15) is 35.3 Å². The minimum absolute atomic E-state index is 0.228. The third-order valence-electron chi connectivity index (χ3n) is 5.76. The van der Waals surface area contributed by atoms with E-state index >= 15 is 0 Å². The largest absolute Gasteiger partial charge is 0.334 e. The molecule has 0 fully saturated rings. The van der Waals surface area contributed by atoms with Crippen molar-refractivity contribution in [3.8, 4) is 5.69 Å². The lowest BCUT2D eigenvalue weighted by Gasteiger charge is -2.28. The van der Waals surface area contributed by atoms with Crippen LogP contribution in [0.5, 0.6) is 0 Å². The minimum atomic E-state index is -0.854. The molecule has 2 unspecified atom stereocenters. The molecule has 1 aromatic heterocycles. The molecule has 0 saturated heterocycles. The SMILES string of the molecule is Cc1ccc(-n2c(C(C)N(C)C(=O)C(Cl)c3ccccc3)nc3cc(Cl)ccc3c2=O)cc1. The highest BCUT2D eigenvalue weighted by Gasteiger charge is 2.28. The van der Waals surface area contributed by atoms with Crippen LogP contribution >= 0.6 is 23.2 Å². The van der Waals surface area contributed by atoms with Gasteiger partial charge in [-0.1, -0.05) is 59.6 Å². The molecule has 5 nitrogen and oxygen atoms in total. The van der Waals surface area contributed by atoms with E-state index < -0.39 is 11.4 Å². The monoisotopic (exact) mass is 479 g/mol. The number of carbonyl (C=O) groups excluding carboxylic acids is 1. The van der Waals surface area contributed by atoms with Crippen LogP contribution in [0, 0.1) is 6.92 Å². The van der Waals surface area contributed by atoms with Gasteiger partial charge in [0.1, 0.15) is 11.2 Å². The number of aromatic nitrogens is 2. The van der Waals surface area contributed by atoms with Crippen LogP contribution in [0.15, 0.2) is 77.6 Å². The highest BCUT2D eigenvalue weighted by atomic mass is 35.5. The number of benzene rings is 3. The van der Waals surface area contributed by atoms with Gasteiger partial charge in [-0.05, 0) is 49.7 Å². The summed E-state index contributed by atoms with van der Waals surface area (Å²) in [6.07, 6.45) is 0. The number of hydrogen-bond acceptors (Lipinski definition) is 3. The number of amides is 1. The third kappa shape index (κ3) is 4.52. The van der Waals surface area contributed by atoms with Crippen LogP contribution in [0.25, 0.3) is 16.6 Å². The molecule has 0 saturated carbocycles. The predicted octanol–water partition coefficient (Wildman–Crippen LogP) is 5.85. The Kier molecular flexibility index (Phi) is 6.54. The minimum Gasteiger partial charge on any atom is -0.334 e. The van der Waals surface area contributed by atoms with E-state index in [0.717, 1.165) is 5.56 Å². The maximum absolute atomic E-state index is 13.5. The standard InChI is InChI=1S/C26H23Cl2N3O2/c1-16-9-12-20(13-10-16)31-24(29-22-15-19(27)11-14-21(22)25(31)32)17(2)30(3)26(33)23(28)18-7-5-4-6-8-18/h4-15,17,23H,1-3H3. The zero-order valence-corrected chi connectivity index (χ0v) is 20.0. The molecule has 4 rings (SSSR count). The lowest BCUT2D eigenvalue weighted by Crippen LogP contribution is -2.36. The number of hydrogen-bond donors (Lipinski definition) is 0. The Morgan fingerprint density at radius 1 is 1.03 bits per heavy atom. The third-order valence-corrected chi connectivity index (χ3v) is 6.43. The topological polar surface area (TPSA) is 55.2 Å². The second kappa shape index (κ2) is 9.38. The maximum Gasteiger partial charge on any atom is 0.266 e. The van der Waals surface area contributed by atoms with Crippen LogP contribution in [-0.2, 0) is 4.79 Å². The van der Waals surface area contributed by atoms with Crippen molar-refractivity contribution in [3.05, 3.63) is 105 Å². The smallest absolute Gasteiger partial charge is 0.266 e. The summed E-state index contributed by atoms with van der Waals surface area (Å²) >= 11 is 12.7. The molecule has 33 heavy (non-hydrogen) atoms. The van der Waals surface area contributed by atoms with Gasteiger partial charge < -0.3 is 4.90 Å². The van der Waals surface area contributed by atoms with Gasteiger partial charge in [0.2, 0.25) is 5.91 Å². The summed E-state index contributed by atoms with van der Waals surface area (Å²) in [4.78, 5) is 33.1. The molecule has 168 valence electrons. The second-order valence-corrected chi connectivity index (χ2v) is 8.88. The molecule has 0 bridgehead atoms. The van der Waals surface area contributed by atoms with Crippen molar-refractivity contribution in [2.45, 2.75) is 25.3 Å². The molecule has 0 aliphatic carbocycles. The molecule has 1 amide bonds. The number of likely N-dealkylation sites (N-methyl/N-ethyl adjacent to an activating group) is 1. The summed E-state index contributed by atoms with van der Waals surface area (Å²) in [5.41, 5.74) is 2.69. The first-order valence-corrected chi connectivity index (χ1v) is 11.3. The van der Waals surface area contributed by atoms with Gasteiger partial charge in [-0.25, -0.2) is 4.98 Å². The van der Waals surface area contributed by atoms with E-state index in [1.165, 1.54) is 4.90 Å². The molecule has 0 aliphatic heterocycles. The van der Waals surface area contributed by atoms with Crippen molar-refractivity contribution < 1.29 is 4.79 Å². The van der Waals surface area contributed by atoms with Crippen LogP contribution in [-0.4, -0.2) is 27.4 Å². The van der Waals surface area contributed by atoms with Gasteiger partial charge in [0.15, 0.2) is 0 Å². The molecule has 1 heterocycles. The summed E-state index contributed by atoms with van der Waals surface area (Å²) < 4.78 is 1.55. The van der Waals surface area contributed by atoms with Crippen molar-refractivity contribution >= 4 is 40.0 Å². The van der Waals surface area contributed by atoms with Gasteiger partial charge in [-0.3, -0.25) is 14.2 Å². The van der Waals surface area contributed by atoms with Crippen LogP contribution in [0.4, 0.5) is 0 Å². The fourth-order valence-electron chi connectivity index (χ4n) is 3.71. The molecule has 4 aromatic rings. The second-order valence-electron chi connectivity index (χ2n) is 8.01.